The molecule has 16 heavy (non-hydrogen) atoms. The highest BCUT2D eigenvalue weighted by Gasteiger charge is 2.28. The molecule has 4 heteroatoms. The smallest absolute Gasteiger partial charge is 0.261 e. The summed E-state index contributed by atoms with van der Waals surface area (Å²) in [4.78, 5) is 11.7. The number of aliphatic hydroxyl groups excluding tert-OH is 1. The first kappa shape index (κ1) is 11.0. The van der Waals surface area contributed by atoms with Crippen molar-refractivity contribution in [3.05, 3.63) is 29.8 Å². The Morgan fingerprint density at radius 2 is 2.38 bits per heavy atom. The molecular formula is C12H15NO3. The second-order valence-electron chi connectivity index (χ2n) is 4.01. The van der Waals surface area contributed by atoms with E-state index in [9.17, 15) is 4.79 Å². The minimum atomic E-state index is -0.535. The molecule has 1 aliphatic heterocycles. The molecule has 2 N–H and O–H groups in total. The van der Waals surface area contributed by atoms with Crippen molar-refractivity contribution in [1.82, 2.24) is 5.32 Å². The van der Waals surface area contributed by atoms with Crippen LogP contribution in [0.4, 0.5) is 0 Å². The third-order valence-electron chi connectivity index (χ3n) is 2.51. The zero-order valence-corrected chi connectivity index (χ0v) is 9.14. The molecule has 1 aromatic rings. The normalized spacial score (nSPS) is 19.8. The van der Waals surface area contributed by atoms with Gasteiger partial charge < -0.3 is 15.2 Å². The molecule has 2 rings (SSSR count). The van der Waals surface area contributed by atoms with Gasteiger partial charge in [0.05, 0.1) is 6.10 Å². The molecular weight excluding hydrogens is 206 g/mol. The van der Waals surface area contributed by atoms with Crippen molar-refractivity contribution in [2.45, 2.75) is 25.6 Å². The van der Waals surface area contributed by atoms with Gasteiger partial charge >= 0.3 is 0 Å². The Balaban J connectivity index is 1.93. The van der Waals surface area contributed by atoms with Gasteiger partial charge in [0.1, 0.15) is 5.75 Å². The lowest BCUT2D eigenvalue weighted by molar-refractivity contribution is -0.127. The molecule has 0 saturated heterocycles. The first-order valence-electron chi connectivity index (χ1n) is 5.37. The van der Waals surface area contributed by atoms with Crippen LogP contribution in [-0.2, 0) is 11.2 Å². The molecule has 0 aromatic heterocycles. The number of carbonyl (C=O) groups is 1. The van der Waals surface area contributed by atoms with Crippen LogP contribution in [0, 0.1) is 0 Å². The Labute approximate surface area is 94.2 Å². The van der Waals surface area contributed by atoms with Crippen molar-refractivity contribution in [3.63, 3.8) is 0 Å². The van der Waals surface area contributed by atoms with Crippen LogP contribution in [0.1, 0.15) is 12.5 Å². The summed E-state index contributed by atoms with van der Waals surface area (Å²) in [5.41, 5.74) is 1.06. The van der Waals surface area contributed by atoms with Crippen molar-refractivity contribution in [3.8, 4) is 5.75 Å². The predicted molar refractivity (Wildman–Crippen MR) is 59.3 cm³/mol. The lowest BCUT2D eigenvalue weighted by Gasteiger charge is -2.12. The second kappa shape index (κ2) is 4.53. The lowest BCUT2D eigenvalue weighted by Crippen LogP contribution is -2.40. The predicted octanol–water partition coefficient (Wildman–Crippen LogP) is 0.487. The minimum absolute atomic E-state index is 0.169. The van der Waals surface area contributed by atoms with Gasteiger partial charge in [-0.05, 0) is 18.6 Å². The van der Waals surface area contributed by atoms with Crippen molar-refractivity contribution in [1.29, 1.82) is 0 Å². The van der Waals surface area contributed by atoms with Gasteiger partial charge in [0.15, 0.2) is 6.10 Å². The second-order valence-corrected chi connectivity index (χ2v) is 4.01. The van der Waals surface area contributed by atoms with E-state index in [4.69, 9.17) is 9.84 Å². The van der Waals surface area contributed by atoms with Crippen LogP contribution in [0.2, 0.25) is 0 Å². The van der Waals surface area contributed by atoms with Gasteiger partial charge in [0, 0.05) is 13.0 Å². The van der Waals surface area contributed by atoms with Gasteiger partial charge in [-0.2, -0.15) is 0 Å². The van der Waals surface area contributed by atoms with Crippen LogP contribution in [0.5, 0.6) is 5.75 Å². The Morgan fingerprint density at radius 3 is 3.06 bits per heavy atom. The Kier molecular flexibility index (Phi) is 3.10. The summed E-state index contributed by atoms with van der Waals surface area (Å²) in [7, 11) is 0. The Bertz CT molecular complexity index is 365. The third-order valence-corrected chi connectivity index (χ3v) is 2.51. The van der Waals surface area contributed by atoms with E-state index in [-0.39, 0.29) is 12.5 Å². The molecule has 86 valence electrons. The summed E-state index contributed by atoms with van der Waals surface area (Å²) < 4.78 is 5.51. The van der Waals surface area contributed by atoms with Crippen LogP contribution in [0.15, 0.2) is 24.3 Å². The molecule has 0 aliphatic carbocycles. The first-order valence-corrected chi connectivity index (χ1v) is 5.37. The van der Waals surface area contributed by atoms with Crippen LogP contribution in [0.25, 0.3) is 0 Å². The summed E-state index contributed by atoms with van der Waals surface area (Å²) in [5.74, 6) is 0.608. The maximum absolute atomic E-state index is 11.7. The monoisotopic (exact) mass is 221 g/mol. The molecule has 0 saturated carbocycles. The summed E-state index contributed by atoms with van der Waals surface area (Å²) in [6.07, 6.45) is -0.397. The highest BCUT2D eigenvalue weighted by atomic mass is 16.5. The summed E-state index contributed by atoms with van der Waals surface area (Å²) in [5, 5.41) is 11.7. The van der Waals surface area contributed by atoms with E-state index < -0.39 is 12.2 Å². The van der Waals surface area contributed by atoms with E-state index in [1.807, 2.05) is 24.3 Å². The number of nitrogens with one attached hydrogen (secondary N) is 1. The van der Waals surface area contributed by atoms with E-state index in [0.29, 0.717) is 6.42 Å². The molecule has 1 aliphatic rings. The van der Waals surface area contributed by atoms with E-state index in [0.717, 1.165) is 11.3 Å². The molecule has 0 bridgehead atoms. The maximum atomic E-state index is 11.7. The molecule has 0 spiro atoms. The molecule has 2 atom stereocenters. The Hall–Kier alpha value is -1.55. The zero-order chi connectivity index (χ0) is 11.5. The summed E-state index contributed by atoms with van der Waals surface area (Å²) >= 11 is 0. The van der Waals surface area contributed by atoms with Crippen molar-refractivity contribution >= 4 is 5.91 Å². The fourth-order valence-electron chi connectivity index (χ4n) is 1.69. The minimum Gasteiger partial charge on any atom is -0.480 e. The van der Waals surface area contributed by atoms with Gasteiger partial charge in [0.25, 0.3) is 5.91 Å². The fourth-order valence-corrected chi connectivity index (χ4v) is 1.69. The van der Waals surface area contributed by atoms with Gasteiger partial charge in [0.2, 0.25) is 0 Å². The fraction of sp³-hybridized carbons (Fsp3) is 0.417. The molecule has 4 nitrogen and oxygen atoms in total. The quantitative estimate of drug-likeness (QED) is 0.780. The molecule has 0 radical (unpaired) electrons. The maximum Gasteiger partial charge on any atom is 0.261 e. The third kappa shape index (κ3) is 2.33. The van der Waals surface area contributed by atoms with Gasteiger partial charge in [-0.1, -0.05) is 18.2 Å². The van der Waals surface area contributed by atoms with Crippen LogP contribution >= 0.6 is 0 Å². The highest BCUT2D eigenvalue weighted by molar-refractivity contribution is 5.82. The van der Waals surface area contributed by atoms with Crippen LogP contribution in [0.3, 0.4) is 0 Å². The SMILES string of the molecule is CC(O)CNC(=O)C1Cc2ccccc2O1. The number of carbonyl (C=O) groups excluding carboxylic acids is 1. The topological polar surface area (TPSA) is 58.6 Å². The molecule has 1 amide bonds. The van der Waals surface area contributed by atoms with E-state index in [1.165, 1.54) is 0 Å². The summed E-state index contributed by atoms with van der Waals surface area (Å²) in [6.45, 7) is 1.89. The van der Waals surface area contributed by atoms with E-state index >= 15 is 0 Å². The Morgan fingerprint density at radius 1 is 1.62 bits per heavy atom. The van der Waals surface area contributed by atoms with Crippen molar-refractivity contribution in [2.75, 3.05) is 6.54 Å². The number of hydrogen-bond acceptors (Lipinski definition) is 3. The zero-order valence-electron chi connectivity index (χ0n) is 9.14. The molecule has 0 fully saturated rings. The number of amides is 1. The molecule has 2 unspecified atom stereocenters. The number of hydrogen-bond donors (Lipinski definition) is 2. The molecule has 1 heterocycles. The number of rotatable bonds is 3. The number of benzene rings is 1. The van der Waals surface area contributed by atoms with Crippen LogP contribution in [-0.4, -0.2) is 29.8 Å². The largest absolute Gasteiger partial charge is 0.480 e. The van der Waals surface area contributed by atoms with Gasteiger partial charge in [-0.15, -0.1) is 0 Å². The average Bonchev–Trinajstić information content (AvgIpc) is 2.69. The highest BCUT2D eigenvalue weighted by Crippen LogP contribution is 2.27. The number of ether oxygens (including phenoxy) is 1. The number of para-hydroxylation sites is 1. The number of aliphatic hydroxyl groups is 1. The van der Waals surface area contributed by atoms with Crippen molar-refractivity contribution < 1.29 is 14.6 Å². The van der Waals surface area contributed by atoms with Crippen molar-refractivity contribution in [2.24, 2.45) is 0 Å². The average molecular weight is 221 g/mol. The first-order chi connectivity index (χ1) is 7.66. The van der Waals surface area contributed by atoms with Crippen LogP contribution < -0.4 is 10.1 Å². The van der Waals surface area contributed by atoms with Gasteiger partial charge in [-0.3, -0.25) is 4.79 Å². The van der Waals surface area contributed by atoms with E-state index in [1.54, 1.807) is 6.92 Å². The van der Waals surface area contributed by atoms with E-state index in [2.05, 4.69) is 5.32 Å². The summed E-state index contributed by atoms with van der Waals surface area (Å²) in [6, 6.07) is 7.63. The van der Waals surface area contributed by atoms with Gasteiger partial charge in [-0.25, -0.2) is 0 Å². The lowest BCUT2D eigenvalue weighted by atomic mass is 10.1. The standard InChI is InChI=1S/C12H15NO3/c1-8(14)7-13-12(15)11-6-9-4-2-3-5-10(9)16-11/h2-5,8,11,14H,6-7H2,1H3,(H,13,15). The number of fused-ring (bicyclic) bond motifs is 1. The molecule has 1 aromatic carbocycles.